The number of anilines is 1. The fourth-order valence-electron chi connectivity index (χ4n) is 2.62. The number of hydrogen-bond acceptors (Lipinski definition) is 4. The smallest absolute Gasteiger partial charge is 0.243 e. The Morgan fingerprint density at radius 3 is 2.58 bits per heavy atom. The van der Waals surface area contributed by atoms with E-state index in [4.69, 9.17) is 0 Å². The van der Waals surface area contributed by atoms with Crippen LogP contribution in [-0.4, -0.2) is 80.0 Å². The van der Waals surface area contributed by atoms with E-state index >= 15 is 0 Å². The molecule has 146 valence electrons. The molecule has 0 aliphatic carbocycles. The van der Waals surface area contributed by atoms with Gasteiger partial charge in [-0.3, -0.25) is 4.79 Å². The van der Waals surface area contributed by atoms with E-state index in [0.717, 1.165) is 57.3 Å². The monoisotopic (exact) mass is 474 g/mol. The fraction of sp³-hybridized carbons (Fsp3) is 0.611. The van der Waals surface area contributed by atoms with Crippen LogP contribution < -0.4 is 10.2 Å². The number of carbonyl (C=O) groups is 1. The number of piperazine rings is 1. The molecule has 7 nitrogen and oxygen atoms in total. The highest BCUT2D eigenvalue weighted by atomic mass is 127. The lowest BCUT2D eigenvalue weighted by Gasteiger charge is -2.37. The maximum Gasteiger partial charge on any atom is 0.243 e. The number of carbonyl (C=O) groups excluding carboxylic acids is 1. The molecule has 2 heterocycles. The second kappa shape index (κ2) is 11.9. The average Bonchev–Trinajstić information content (AvgIpc) is 2.65. The third-order valence-electron chi connectivity index (χ3n) is 4.23. The Balaban J connectivity index is 0.00000338. The van der Waals surface area contributed by atoms with E-state index in [1.54, 1.807) is 19.0 Å². The van der Waals surface area contributed by atoms with Gasteiger partial charge >= 0.3 is 0 Å². The zero-order valence-corrected chi connectivity index (χ0v) is 18.3. The first-order valence-corrected chi connectivity index (χ1v) is 9.01. The van der Waals surface area contributed by atoms with Crippen LogP contribution in [-0.2, 0) is 4.79 Å². The summed E-state index contributed by atoms with van der Waals surface area (Å²) < 4.78 is 0. The number of aliphatic imine (C=N–C) groups is 1. The number of nitrogens with one attached hydrogen (secondary N) is 1. The number of aromatic nitrogens is 1. The molecule has 0 unspecified atom stereocenters. The van der Waals surface area contributed by atoms with Crippen LogP contribution >= 0.6 is 24.0 Å². The summed E-state index contributed by atoms with van der Waals surface area (Å²) in [6.07, 6.45) is 4.05. The lowest BCUT2D eigenvalue weighted by molar-refractivity contribution is -0.127. The van der Waals surface area contributed by atoms with Crippen LogP contribution in [0.25, 0.3) is 0 Å². The summed E-state index contributed by atoms with van der Waals surface area (Å²) >= 11 is 0. The van der Waals surface area contributed by atoms with E-state index in [1.165, 1.54) is 0 Å². The van der Waals surface area contributed by atoms with Crippen molar-refractivity contribution < 1.29 is 4.79 Å². The molecule has 1 aliphatic heterocycles. The molecule has 1 N–H and O–H groups in total. The summed E-state index contributed by atoms with van der Waals surface area (Å²) in [7, 11) is 3.52. The molecule has 0 saturated carbocycles. The van der Waals surface area contributed by atoms with E-state index in [2.05, 4.69) is 32.0 Å². The molecule has 0 radical (unpaired) electrons. The SMILES string of the molecule is CCCCNC(=NCC(=O)N(C)C)N1CCN(c2ccccn2)CC1.I. The van der Waals surface area contributed by atoms with Gasteiger partial charge in [-0.05, 0) is 18.6 Å². The molecular weight excluding hydrogens is 443 g/mol. The molecule has 1 amide bonds. The number of halogens is 1. The van der Waals surface area contributed by atoms with Crippen molar-refractivity contribution in [2.75, 3.05) is 58.3 Å². The van der Waals surface area contributed by atoms with Crippen molar-refractivity contribution in [3.63, 3.8) is 0 Å². The number of nitrogens with zero attached hydrogens (tertiary/aromatic N) is 5. The first-order chi connectivity index (χ1) is 12.1. The fourth-order valence-corrected chi connectivity index (χ4v) is 2.62. The van der Waals surface area contributed by atoms with Gasteiger partial charge in [-0.2, -0.15) is 0 Å². The van der Waals surface area contributed by atoms with Gasteiger partial charge in [-0.25, -0.2) is 9.98 Å². The Morgan fingerprint density at radius 2 is 2.00 bits per heavy atom. The highest BCUT2D eigenvalue weighted by Crippen LogP contribution is 2.12. The zero-order valence-electron chi connectivity index (χ0n) is 16.0. The predicted octanol–water partition coefficient (Wildman–Crippen LogP) is 1.66. The number of pyridine rings is 1. The Hall–Kier alpha value is -1.58. The van der Waals surface area contributed by atoms with Gasteiger partial charge in [-0.1, -0.05) is 19.4 Å². The Morgan fingerprint density at radius 1 is 1.27 bits per heavy atom. The number of hydrogen-bond donors (Lipinski definition) is 1. The predicted molar refractivity (Wildman–Crippen MR) is 117 cm³/mol. The standard InChI is InChI=1S/C18H30N6O.HI/c1-4-5-9-20-18(21-15-17(25)22(2)3)24-13-11-23(12-14-24)16-8-6-7-10-19-16;/h6-8,10H,4-5,9,11-15H2,1-3H3,(H,20,21);1H. The van der Waals surface area contributed by atoms with Gasteiger partial charge in [0.1, 0.15) is 12.4 Å². The average molecular weight is 474 g/mol. The van der Waals surface area contributed by atoms with Crippen LogP contribution in [0.3, 0.4) is 0 Å². The van der Waals surface area contributed by atoms with Crippen LogP contribution in [0.1, 0.15) is 19.8 Å². The molecule has 1 aromatic heterocycles. The molecule has 0 atom stereocenters. The van der Waals surface area contributed by atoms with Gasteiger partial charge < -0.3 is 20.0 Å². The second-order valence-electron chi connectivity index (χ2n) is 6.37. The maximum absolute atomic E-state index is 11.9. The summed E-state index contributed by atoms with van der Waals surface area (Å²) in [4.78, 5) is 26.9. The summed E-state index contributed by atoms with van der Waals surface area (Å²) in [6.45, 7) is 6.75. The van der Waals surface area contributed by atoms with Gasteiger partial charge in [0.25, 0.3) is 0 Å². The zero-order chi connectivity index (χ0) is 18.1. The van der Waals surface area contributed by atoms with Crippen molar-refractivity contribution in [2.24, 2.45) is 4.99 Å². The third-order valence-corrected chi connectivity index (χ3v) is 4.23. The van der Waals surface area contributed by atoms with E-state index in [-0.39, 0.29) is 36.4 Å². The first-order valence-electron chi connectivity index (χ1n) is 9.01. The molecule has 2 rings (SSSR count). The lowest BCUT2D eigenvalue weighted by atomic mass is 10.3. The molecule has 1 aromatic rings. The van der Waals surface area contributed by atoms with Crippen molar-refractivity contribution in [3.05, 3.63) is 24.4 Å². The van der Waals surface area contributed by atoms with Crippen LogP contribution in [0.5, 0.6) is 0 Å². The molecule has 26 heavy (non-hydrogen) atoms. The van der Waals surface area contributed by atoms with Gasteiger partial charge in [0.05, 0.1) is 0 Å². The van der Waals surface area contributed by atoms with Gasteiger partial charge in [0.2, 0.25) is 5.91 Å². The molecule has 1 aliphatic rings. The number of amides is 1. The first kappa shape index (κ1) is 22.5. The number of unbranched alkanes of at least 4 members (excludes halogenated alkanes) is 1. The molecule has 8 heteroatoms. The number of rotatable bonds is 6. The van der Waals surface area contributed by atoms with Gasteiger partial charge in [0, 0.05) is 53.0 Å². The Bertz CT molecular complexity index is 558. The summed E-state index contributed by atoms with van der Waals surface area (Å²) in [5.41, 5.74) is 0. The normalized spacial score (nSPS) is 14.7. The van der Waals surface area contributed by atoms with Crippen molar-refractivity contribution in [1.29, 1.82) is 0 Å². The van der Waals surface area contributed by atoms with Crippen molar-refractivity contribution in [1.82, 2.24) is 20.1 Å². The molecular formula is C18H31IN6O. The van der Waals surface area contributed by atoms with Gasteiger partial charge in [-0.15, -0.1) is 24.0 Å². The van der Waals surface area contributed by atoms with Crippen LogP contribution in [0.2, 0.25) is 0 Å². The minimum Gasteiger partial charge on any atom is -0.356 e. The molecule has 0 aromatic carbocycles. The molecule has 0 spiro atoms. The topological polar surface area (TPSA) is 64.1 Å². The lowest BCUT2D eigenvalue weighted by Crippen LogP contribution is -2.53. The Kier molecular flexibility index (Phi) is 10.3. The van der Waals surface area contributed by atoms with Crippen molar-refractivity contribution in [3.8, 4) is 0 Å². The van der Waals surface area contributed by atoms with E-state index in [9.17, 15) is 4.79 Å². The summed E-state index contributed by atoms with van der Waals surface area (Å²) in [6, 6.07) is 5.99. The van der Waals surface area contributed by atoms with E-state index in [0.29, 0.717) is 0 Å². The summed E-state index contributed by atoms with van der Waals surface area (Å²) in [5, 5.41) is 3.41. The van der Waals surface area contributed by atoms with Crippen LogP contribution in [0, 0.1) is 0 Å². The molecule has 1 fully saturated rings. The number of likely N-dealkylation sites (N-methyl/N-ethyl adjacent to an activating group) is 1. The van der Waals surface area contributed by atoms with E-state index in [1.807, 2.05) is 24.4 Å². The largest absolute Gasteiger partial charge is 0.356 e. The summed E-state index contributed by atoms with van der Waals surface area (Å²) in [5.74, 6) is 1.87. The second-order valence-corrected chi connectivity index (χ2v) is 6.37. The number of guanidine groups is 1. The van der Waals surface area contributed by atoms with Crippen molar-refractivity contribution >= 4 is 41.7 Å². The minimum atomic E-state index is 0. The molecule has 1 saturated heterocycles. The van der Waals surface area contributed by atoms with Gasteiger partial charge in [0.15, 0.2) is 5.96 Å². The van der Waals surface area contributed by atoms with Crippen LogP contribution in [0.4, 0.5) is 5.82 Å². The molecule has 0 bridgehead atoms. The maximum atomic E-state index is 11.9. The highest BCUT2D eigenvalue weighted by Gasteiger charge is 2.20. The minimum absolute atomic E-state index is 0. The third kappa shape index (κ3) is 6.97. The van der Waals surface area contributed by atoms with Crippen molar-refractivity contribution in [2.45, 2.75) is 19.8 Å². The van der Waals surface area contributed by atoms with Crippen LogP contribution in [0.15, 0.2) is 29.4 Å². The highest BCUT2D eigenvalue weighted by molar-refractivity contribution is 14.0. The van der Waals surface area contributed by atoms with E-state index < -0.39 is 0 Å². The quantitative estimate of drug-likeness (QED) is 0.294. The Labute approximate surface area is 173 Å².